The molecule has 2 rings (SSSR count). The van der Waals surface area contributed by atoms with E-state index in [-0.39, 0.29) is 17.9 Å². The van der Waals surface area contributed by atoms with Crippen LogP contribution >= 0.6 is 23.5 Å². The summed E-state index contributed by atoms with van der Waals surface area (Å²) >= 11 is 7.43. The van der Waals surface area contributed by atoms with E-state index < -0.39 is 0 Å². The summed E-state index contributed by atoms with van der Waals surface area (Å²) in [7, 11) is 0. The molecule has 0 fully saturated rings. The minimum atomic E-state index is -0.181. The highest BCUT2D eigenvalue weighted by Gasteiger charge is 2.21. The lowest BCUT2D eigenvalue weighted by molar-refractivity contribution is -0.123. The zero-order valence-corrected chi connectivity index (χ0v) is 19.3. The summed E-state index contributed by atoms with van der Waals surface area (Å²) in [5.74, 6) is 8.02. The van der Waals surface area contributed by atoms with Crippen LogP contribution in [0.25, 0.3) is 0 Å². The summed E-state index contributed by atoms with van der Waals surface area (Å²) in [6.45, 7) is 7.08. The molecule has 0 radical (unpaired) electrons. The molecule has 0 heterocycles. The highest BCUT2D eigenvalue weighted by molar-refractivity contribution is 7.97. The van der Waals surface area contributed by atoms with Crippen LogP contribution in [0, 0.1) is 17.8 Å². The number of carbonyl (C=O) groups excluding carboxylic acids is 1. The fourth-order valence-corrected chi connectivity index (χ4v) is 3.50. The monoisotopic (exact) mass is 444 g/mol. The zero-order valence-electron chi connectivity index (χ0n) is 17.7. The second-order valence-electron chi connectivity index (χ2n) is 7.05. The number of nitrogens with one attached hydrogen (secondary N) is 2. The number of rotatable bonds is 10. The number of hydrogen-bond acceptors (Lipinski definition) is 4. The lowest BCUT2D eigenvalue weighted by atomic mass is 10.0. The van der Waals surface area contributed by atoms with E-state index in [1.165, 1.54) is 0 Å². The Morgan fingerprint density at radius 2 is 1.83 bits per heavy atom. The van der Waals surface area contributed by atoms with Crippen molar-refractivity contribution in [3.05, 3.63) is 64.7 Å². The molecule has 0 saturated carbocycles. The van der Waals surface area contributed by atoms with E-state index in [0.717, 1.165) is 29.1 Å². The molecule has 0 aliphatic carbocycles. The van der Waals surface area contributed by atoms with E-state index in [4.69, 9.17) is 16.3 Å². The lowest BCUT2D eigenvalue weighted by Gasteiger charge is -2.20. The fourth-order valence-electron chi connectivity index (χ4n) is 2.65. The largest absolute Gasteiger partial charge is 0.481 e. The van der Waals surface area contributed by atoms with E-state index in [0.29, 0.717) is 18.2 Å². The molecule has 2 N–H and O–H groups in total. The summed E-state index contributed by atoms with van der Waals surface area (Å²) in [6, 6.07) is 15.1. The molecule has 0 aliphatic heterocycles. The first kappa shape index (κ1) is 24.1. The van der Waals surface area contributed by atoms with E-state index in [1.54, 1.807) is 11.9 Å². The van der Waals surface area contributed by atoms with Gasteiger partial charge in [0.05, 0.1) is 6.04 Å². The molecule has 1 atom stereocenters. The third kappa shape index (κ3) is 8.71. The van der Waals surface area contributed by atoms with Gasteiger partial charge in [-0.15, -0.1) is 0 Å². The number of carbonyl (C=O) groups is 1. The molecule has 1 amide bonds. The van der Waals surface area contributed by atoms with Gasteiger partial charge in [-0.05, 0) is 54.3 Å². The highest BCUT2D eigenvalue weighted by Crippen LogP contribution is 2.13. The second kappa shape index (κ2) is 13.2. The first-order valence-corrected chi connectivity index (χ1v) is 11.5. The number of benzene rings is 2. The molecule has 0 spiro atoms. The smallest absolute Gasteiger partial charge is 0.238 e. The maximum atomic E-state index is 12.4. The van der Waals surface area contributed by atoms with Crippen molar-refractivity contribution in [3.63, 3.8) is 0 Å². The summed E-state index contributed by atoms with van der Waals surface area (Å²) in [5, 5.41) is 3.72. The first-order chi connectivity index (χ1) is 14.5. The predicted molar refractivity (Wildman–Crippen MR) is 127 cm³/mol. The average molecular weight is 445 g/mol. The van der Waals surface area contributed by atoms with E-state index in [9.17, 15) is 4.79 Å². The van der Waals surface area contributed by atoms with Gasteiger partial charge in [0, 0.05) is 22.9 Å². The Labute approximate surface area is 189 Å². The van der Waals surface area contributed by atoms with Crippen LogP contribution in [-0.2, 0) is 11.2 Å². The van der Waals surface area contributed by atoms with Crippen molar-refractivity contribution in [2.75, 3.05) is 18.9 Å². The van der Waals surface area contributed by atoms with Crippen molar-refractivity contribution >= 4 is 29.5 Å². The van der Waals surface area contributed by atoms with Crippen molar-refractivity contribution in [1.29, 1.82) is 0 Å². The Hall–Kier alpha value is -2.13. The average Bonchev–Trinajstić information content (AvgIpc) is 2.73. The standard InChI is InChI=1S/C24H29ClN2O2S/c1-4-30-27-23(18(2)3)24(28)26-16-15-20-9-13-22(14-10-20)29-17-5-6-19-7-11-21(25)12-8-19/h7-14,18,23,27H,4,15-17H2,1-3H3,(H,26,28)/t23-/m0/s1. The van der Waals surface area contributed by atoms with Crippen molar-refractivity contribution in [3.8, 4) is 17.6 Å². The molecule has 0 unspecified atom stereocenters. The van der Waals surface area contributed by atoms with Crippen LogP contribution in [0.3, 0.4) is 0 Å². The van der Waals surface area contributed by atoms with Crippen LogP contribution in [0.5, 0.6) is 5.75 Å². The third-order valence-corrected chi connectivity index (χ3v) is 5.29. The molecule has 2 aromatic rings. The van der Waals surface area contributed by atoms with E-state index >= 15 is 0 Å². The Kier molecular flexibility index (Phi) is 10.6. The molecule has 0 bridgehead atoms. The molecule has 0 aliphatic rings. The Morgan fingerprint density at radius 3 is 2.47 bits per heavy atom. The van der Waals surface area contributed by atoms with E-state index in [1.807, 2.05) is 62.4 Å². The first-order valence-electron chi connectivity index (χ1n) is 10.1. The topological polar surface area (TPSA) is 50.4 Å². The fraction of sp³-hybridized carbons (Fsp3) is 0.375. The zero-order chi connectivity index (χ0) is 21.8. The third-order valence-electron chi connectivity index (χ3n) is 4.33. The number of hydrogen-bond donors (Lipinski definition) is 2. The van der Waals surface area contributed by atoms with Crippen LogP contribution in [-0.4, -0.2) is 30.9 Å². The molecular weight excluding hydrogens is 416 g/mol. The molecule has 6 heteroatoms. The van der Waals surface area contributed by atoms with Gasteiger partial charge in [0.15, 0.2) is 0 Å². The van der Waals surface area contributed by atoms with Gasteiger partial charge in [-0.25, -0.2) is 0 Å². The summed E-state index contributed by atoms with van der Waals surface area (Å²) < 4.78 is 8.90. The Bertz CT molecular complexity index is 842. The maximum absolute atomic E-state index is 12.4. The molecule has 0 saturated heterocycles. The van der Waals surface area contributed by atoms with Gasteiger partial charge >= 0.3 is 0 Å². The van der Waals surface area contributed by atoms with Crippen molar-refractivity contribution < 1.29 is 9.53 Å². The van der Waals surface area contributed by atoms with Gasteiger partial charge in [-0.2, -0.15) is 0 Å². The van der Waals surface area contributed by atoms with Gasteiger partial charge in [0.1, 0.15) is 12.4 Å². The molecule has 2 aromatic carbocycles. The van der Waals surface area contributed by atoms with Crippen molar-refractivity contribution in [1.82, 2.24) is 10.0 Å². The van der Waals surface area contributed by atoms with Crippen LogP contribution < -0.4 is 14.8 Å². The minimum absolute atomic E-state index is 0.0464. The summed E-state index contributed by atoms with van der Waals surface area (Å²) in [4.78, 5) is 12.4. The van der Waals surface area contributed by atoms with Gasteiger partial charge in [-0.1, -0.05) is 68.3 Å². The van der Waals surface area contributed by atoms with Gasteiger partial charge < -0.3 is 10.1 Å². The number of ether oxygens (including phenoxy) is 1. The molecular formula is C24H29ClN2O2S. The molecule has 160 valence electrons. The normalized spacial score (nSPS) is 11.5. The SMILES string of the molecule is CCSN[C@H](C(=O)NCCc1ccc(OCC#Cc2ccc(Cl)cc2)cc1)C(C)C. The van der Waals surface area contributed by atoms with Crippen molar-refractivity contribution in [2.24, 2.45) is 5.92 Å². The number of amides is 1. The summed E-state index contributed by atoms with van der Waals surface area (Å²) in [5.41, 5.74) is 2.05. The molecule has 30 heavy (non-hydrogen) atoms. The number of halogens is 1. The maximum Gasteiger partial charge on any atom is 0.238 e. The van der Waals surface area contributed by atoms with Crippen LogP contribution in [0.15, 0.2) is 48.5 Å². The Morgan fingerprint density at radius 1 is 1.13 bits per heavy atom. The lowest BCUT2D eigenvalue weighted by Crippen LogP contribution is -2.45. The van der Waals surface area contributed by atoms with E-state index in [2.05, 4.69) is 28.8 Å². The molecule has 0 aromatic heterocycles. The van der Waals surface area contributed by atoms with Crippen molar-refractivity contribution in [2.45, 2.75) is 33.2 Å². The predicted octanol–water partition coefficient (Wildman–Crippen LogP) is 4.71. The molecule has 4 nitrogen and oxygen atoms in total. The second-order valence-corrected chi connectivity index (χ2v) is 8.59. The summed E-state index contributed by atoms with van der Waals surface area (Å²) in [6.07, 6.45) is 0.772. The van der Waals surface area contributed by atoms with Gasteiger partial charge in [0.2, 0.25) is 5.91 Å². The Balaban J connectivity index is 1.74. The van der Waals surface area contributed by atoms with Gasteiger partial charge in [-0.3, -0.25) is 9.52 Å². The van der Waals surface area contributed by atoms with Crippen LogP contribution in [0.4, 0.5) is 0 Å². The quantitative estimate of drug-likeness (QED) is 0.411. The van der Waals surface area contributed by atoms with Crippen LogP contribution in [0.1, 0.15) is 31.9 Å². The van der Waals surface area contributed by atoms with Gasteiger partial charge in [0.25, 0.3) is 0 Å². The minimum Gasteiger partial charge on any atom is -0.481 e. The highest BCUT2D eigenvalue weighted by atomic mass is 35.5. The van der Waals surface area contributed by atoms with Crippen LogP contribution in [0.2, 0.25) is 5.02 Å².